The Morgan fingerprint density at radius 3 is 2.40 bits per heavy atom. The first-order chi connectivity index (χ1) is 14.5. The van der Waals surface area contributed by atoms with Crippen molar-refractivity contribution in [3.05, 3.63) is 75.3 Å². The summed E-state index contributed by atoms with van der Waals surface area (Å²) in [6.45, 7) is 2.24. The number of carbonyl (C=O) groups excluding carboxylic acids is 2. The zero-order valence-corrected chi connectivity index (χ0v) is 16.9. The van der Waals surface area contributed by atoms with Crippen LogP contribution in [0.1, 0.15) is 41.4 Å². The van der Waals surface area contributed by atoms with E-state index in [2.05, 4.69) is 22.4 Å². The molecule has 1 unspecified atom stereocenters. The number of hydrogen-bond acceptors (Lipinski definition) is 5. The maximum atomic E-state index is 13.2. The Kier molecular flexibility index (Phi) is 5.46. The van der Waals surface area contributed by atoms with E-state index in [4.69, 9.17) is 5.73 Å². The molecule has 30 heavy (non-hydrogen) atoms. The van der Waals surface area contributed by atoms with Gasteiger partial charge in [-0.2, -0.15) is 0 Å². The van der Waals surface area contributed by atoms with Gasteiger partial charge in [-0.15, -0.1) is 0 Å². The van der Waals surface area contributed by atoms with Crippen LogP contribution in [0.5, 0.6) is 0 Å². The average Bonchev–Trinajstić information content (AvgIpc) is 2.74. The minimum absolute atomic E-state index is 0.212. The van der Waals surface area contributed by atoms with Gasteiger partial charge in [0.05, 0.1) is 10.9 Å². The molecule has 2 aromatic carbocycles. The molecule has 154 valence electrons. The molecule has 3 aromatic rings. The first-order valence-corrected chi connectivity index (χ1v) is 10.1. The van der Waals surface area contributed by atoms with Gasteiger partial charge in [0.15, 0.2) is 0 Å². The van der Waals surface area contributed by atoms with Gasteiger partial charge >= 0.3 is 0 Å². The van der Waals surface area contributed by atoms with Gasteiger partial charge in [-0.1, -0.05) is 30.3 Å². The number of aryl methyl sites for hydroxylation is 3. The number of hydrogen-bond donors (Lipinski definition) is 2. The molecule has 1 saturated heterocycles. The Balaban J connectivity index is 1.63. The van der Waals surface area contributed by atoms with Crippen LogP contribution in [-0.4, -0.2) is 21.4 Å². The first kappa shape index (κ1) is 20.0. The molecule has 1 aliphatic heterocycles. The van der Waals surface area contributed by atoms with Crippen molar-refractivity contribution in [1.82, 2.24) is 14.9 Å². The van der Waals surface area contributed by atoms with Gasteiger partial charge in [0.25, 0.3) is 5.56 Å². The minimum atomic E-state index is -0.711. The Bertz CT molecular complexity index is 1180. The summed E-state index contributed by atoms with van der Waals surface area (Å²) in [6.07, 6.45) is 2.14. The highest BCUT2D eigenvalue weighted by Crippen LogP contribution is 2.20. The van der Waals surface area contributed by atoms with Gasteiger partial charge in [-0.25, -0.2) is 4.98 Å². The highest BCUT2D eigenvalue weighted by atomic mass is 16.2. The second-order valence-corrected chi connectivity index (χ2v) is 7.67. The highest BCUT2D eigenvalue weighted by Gasteiger charge is 2.30. The molecule has 0 saturated carbocycles. The van der Waals surface area contributed by atoms with Crippen LogP contribution < -0.4 is 16.6 Å². The number of carbonyl (C=O) groups is 2. The molecule has 7 nitrogen and oxygen atoms in total. The number of nitrogens with zero attached hydrogens (tertiary/aromatic N) is 2. The maximum absolute atomic E-state index is 13.2. The van der Waals surface area contributed by atoms with Crippen LogP contribution in [0.4, 0.5) is 0 Å². The van der Waals surface area contributed by atoms with Gasteiger partial charge in [0.2, 0.25) is 11.8 Å². The third-order valence-corrected chi connectivity index (χ3v) is 5.62. The number of amides is 2. The lowest BCUT2D eigenvalue weighted by molar-refractivity contribution is -0.135. The molecule has 0 aliphatic carbocycles. The zero-order valence-electron chi connectivity index (χ0n) is 16.9. The largest absolute Gasteiger partial charge is 0.326 e. The van der Waals surface area contributed by atoms with Crippen LogP contribution in [0.25, 0.3) is 10.9 Å². The molecule has 3 N–H and O–H groups in total. The molecule has 4 rings (SSSR count). The van der Waals surface area contributed by atoms with E-state index in [9.17, 15) is 14.4 Å². The van der Waals surface area contributed by atoms with Crippen LogP contribution in [-0.2, 0) is 29.0 Å². The Morgan fingerprint density at radius 1 is 1.03 bits per heavy atom. The van der Waals surface area contributed by atoms with E-state index in [0.717, 1.165) is 24.0 Å². The van der Waals surface area contributed by atoms with E-state index in [0.29, 0.717) is 29.7 Å². The third-order valence-electron chi connectivity index (χ3n) is 5.62. The molecule has 0 radical (unpaired) electrons. The van der Waals surface area contributed by atoms with E-state index in [1.54, 1.807) is 6.92 Å². The summed E-state index contributed by atoms with van der Waals surface area (Å²) in [5.74, 6) is -0.290. The van der Waals surface area contributed by atoms with Crippen molar-refractivity contribution in [3.8, 4) is 0 Å². The molecule has 7 heteroatoms. The third kappa shape index (κ3) is 3.89. The SMILES string of the molecule is Cc1nc2ccc(CCc3ccc(CN)cc3)cc2c(=O)n1C1CCC(=O)NC1=O. The maximum Gasteiger partial charge on any atom is 0.262 e. The molecule has 1 aliphatic rings. The number of rotatable bonds is 5. The van der Waals surface area contributed by atoms with Crippen LogP contribution >= 0.6 is 0 Å². The van der Waals surface area contributed by atoms with Crippen LogP contribution in [0, 0.1) is 6.92 Å². The molecule has 1 aromatic heterocycles. The minimum Gasteiger partial charge on any atom is -0.326 e. The quantitative estimate of drug-likeness (QED) is 0.632. The van der Waals surface area contributed by atoms with Gasteiger partial charge in [0, 0.05) is 13.0 Å². The second kappa shape index (κ2) is 8.20. The van der Waals surface area contributed by atoms with E-state index in [-0.39, 0.29) is 17.9 Å². The van der Waals surface area contributed by atoms with Crippen molar-refractivity contribution in [1.29, 1.82) is 0 Å². The first-order valence-electron chi connectivity index (χ1n) is 10.1. The Labute approximate surface area is 173 Å². The summed E-state index contributed by atoms with van der Waals surface area (Å²) >= 11 is 0. The standard InChI is InChI=1S/C23H24N4O3/c1-14-25-19-9-8-16(5-2-15-3-6-17(13-24)7-4-15)12-18(19)23(30)27(14)20-10-11-21(28)26-22(20)29/h3-4,6-9,12,20H,2,5,10-11,13,24H2,1H3,(H,26,28,29). The molecule has 1 fully saturated rings. The highest BCUT2D eigenvalue weighted by molar-refractivity contribution is 5.99. The van der Waals surface area contributed by atoms with Crippen molar-refractivity contribution >= 4 is 22.7 Å². The molecule has 2 heterocycles. The summed E-state index contributed by atoms with van der Waals surface area (Å²) < 4.78 is 1.42. The predicted molar refractivity (Wildman–Crippen MR) is 114 cm³/mol. The number of imide groups is 1. The monoisotopic (exact) mass is 404 g/mol. The van der Waals surface area contributed by atoms with E-state index >= 15 is 0 Å². The smallest absolute Gasteiger partial charge is 0.262 e. The molecule has 0 spiro atoms. The van der Waals surface area contributed by atoms with Crippen LogP contribution in [0.2, 0.25) is 0 Å². The Morgan fingerprint density at radius 2 is 1.70 bits per heavy atom. The van der Waals surface area contributed by atoms with Gasteiger partial charge in [0.1, 0.15) is 11.9 Å². The summed E-state index contributed by atoms with van der Waals surface area (Å²) in [6, 6.07) is 13.2. The van der Waals surface area contributed by atoms with Crippen molar-refractivity contribution in [3.63, 3.8) is 0 Å². The fraction of sp³-hybridized carbons (Fsp3) is 0.304. The Hall–Kier alpha value is -3.32. The van der Waals surface area contributed by atoms with E-state index in [1.165, 1.54) is 10.1 Å². The lowest BCUT2D eigenvalue weighted by Crippen LogP contribution is -2.45. The van der Waals surface area contributed by atoms with Crippen molar-refractivity contribution in [2.24, 2.45) is 5.73 Å². The second-order valence-electron chi connectivity index (χ2n) is 7.67. The number of benzene rings is 2. The number of nitrogens with one attached hydrogen (secondary N) is 1. The fourth-order valence-electron chi connectivity index (χ4n) is 3.94. The summed E-state index contributed by atoms with van der Waals surface area (Å²) in [7, 11) is 0. The number of piperidine rings is 1. The fourth-order valence-corrected chi connectivity index (χ4v) is 3.94. The topological polar surface area (TPSA) is 107 Å². The summed E-state index contributed by atoms with van der Waals surface area (Å²) in [5, 5.41) is 2.80. The van der Waals surface area contributed by atoms with Crippen molar-refractivity contribution < 1.29 is 9.59 Å². The van der Waals surface area contributed by atoms with Crippen LogP contribution in [0.15, 0.2) is 47.3 Å². The van der Waals surface area contributed by atoms with Gasteiger partial charge in [-0.3, -0.25) is 24.3 Å². The number of nitrogens with two attached hydrogens (primary N) is 1. The van der Waals surface area contributed by atoms with Crippen molar-refractivity contribution in [2.75, 3.05) is 0 Å². The van der Waals surface area contributed by atoms with Crippen molar-refractivity contribution in [2.45, 2.75) is 45.2 Å². The molecular weight excluding hydrogens is 380 g/mol. The molecule has 1 atom stereocenters. The number of aromatic nitrogens is 2. The zero-order chi connectivity index (χ0) is 21.3. The van der Waals surface area contributed by atoms with Gasteiger partial charge < -0.3 is 5.73 Å². The molecule has 2 amide bonds. The lowest BCUT2D eigenvalue weighted by atomic mass is 10.0. The van der Waals surface area contributed by atoms with Crippen LogP contribution in [0.3, 0.4) is 0 Å². The number of fused-ring (bicyclic) bond motifs is 1. The molecular formula is C23H24N4O3. The summed E-state index contributed by atoms with van der Waals surface area (Å²) in [4.78, 5) is 41.5. The van der Waals surface area contributed by atoms with E-state index < -0.39 is 11.9 Å². The average molecular weight is 404 g/mol. The predicted octanol–water partition coefficient (Wildman–Crippen LogP) is 1.93. The normalized spacial score (nSPS) is 16.7. The van der Waals surface area contributed by atoms with Gasteiger partial charge in [-0.05, 0) is 55.0 Å². The van der Waals surface area contributed by atoms with E-state index in [1.807, 2.05) is 30.3 Å². The lowest BCUT2D eigenvalue weighted by Gasteiger charge is -2.24. The summed E-state index contributed by atoms with van der Waals surface area (Å²) in [5.41, 5.74) is 9.34. The molecule has 0 bridgehead atoms.